The van der Waals surface area contributed by atoms with Gasteiger partial charge in [0.1, 0.15) is 5.82 Å². The van der Waals surface area contributed by atoms with Crippen molar-refractivity contribution >= 4 is 45.6 Å². The summed E-state index contributed by atoms with van der Waals surface area (Å²) in [6.07, 6.45) is 1.84. The van der Waals surface area contributed by atoms with Crippen LogP contribution in [0.4, 0.5) is 0 Å². The highest BCUT2D eigenvalue weighted by Gasteiger charge is 2.18. The number of nitrogens with zero attached hydrogens (tertiary/aromatic N) is 3. The zero-order valence-corrected chi connectivity index (χ0v) is 14.1. The number of imidazole rings is 1. The van der Waals surface area contributed by atoms with E-state index in [1.54, 1.807) is 11.3 Å². The minimum atomic E-state index is -0.153. The molecule has 3 rings (SSSR count). The Morgan fingerprint density at radius 1 is 1.33 bits per heavy atom. The van der Waals surface area contributed by atoms with Crippen molar-refractivity contribution in [2.24, 2.45) is 0 Å². The van der Waals surface area contributed by atoms with E-state index in [9.17, 15) is 0 Å². The first-order valence-electron chi connectivity index (χ1n) is 6.75. The van der Waals surface area contributed by atoms with Crippen LogP contribution in [0.25, 0.3) is 11.0 Å². The van der Waals surface area contributed by atoms with Crippen LogP contribution in [0.2, 0.25) is 5.02 Å². The Bertz CT molecular complexity index is 750. The lowest BCUT2D eigenvalue weighted by atomic mass is 10.2. The number of hydrogen-bond donors (Lipinski definition) is 0. The van der Waals surface area contributed by atoms with Crippen molar-refractivity contribution in [2.75, 3.05) is 0 Å². The average Bonchev–Trinajstić information content (AvgIpc) is 3.07. The molecule has 0 saturated heterocycles. The molecule has 0 spiro atoms. The largest absolute Gasteiger partial charge is 0.326 e. The van der Waals surface area contributed by atoms with Crippen LogP contribution >= 0.6 is 34.5 Å². The molecule has 0 aliphatic carbocycles. The molecule has 0 fully saturated rings. The third kappa shape index (κ3) is 2.93. The topological polar surface area (TPSA) is 30.7 Å². The van der Waals surface area contributed by atoms with Crippen molar-refractivity contribution in [3.8, 4) is 0 Å². The molecule has 21 heavy (non-hydrogen) atoms. The van der Waals surface area contributed by atoms with Gasteiger partial charge < -0.3 is 4.57 Å². The fraction of sp³-hybridized carbons (Fsp3) is 0.333. The Hall–Kier alpha value is -1.10. The molecule has 2 atom stereocenters. The van der Waals surface area contributed by atoms with Crippen molar-refractivity contribution < 1.29 is 0 Å². The quantitative estimate of drug-likeness (QED) is 0.607. The molecule has 0 N–H and O–H groups in total. The standard InChI is InChI=1S/C15H15Cl2N3S/c1-9(15-18-5-6-21-15)8-20-13-7-11(17)3-4-12(13)19-14(20)10(2)16/h3-7,9-10H,8H2,1-2H3. The van der Waals surface area contributed by atoms with Crippen molar-refractivity contribution in [3.63, 3.8) is 0 Å². The van der Waals surface area contributed by atoms with E-state index >= 15 is 0 Å². The Balaban J connectivity index is 2.06. The predicted molar refractivity (Wildman–Crippen MR) is 89.5 cm³/mol. The zero-order chi connectivity index (χ0) is 15.0. The molecule has 0 aliphatic heterocycles. The molecule has 0 aliphatic rings. The van der Waals surface area contributed by atoms with Crippen molar-refractivity contribution in [3.05, 3.63) is 45.6 Å². The van der Waals surface area contributed by atoms with Crippen LogP contribution in [0.3, 0.4) is 0 Å². The molecule has 0 amide bonds. The second-order valence-electron chi connectivity index (χ2n) is 5.10. The number of fused-ring (bicyclic) bond motifs is 1. The molecule has 6 heteroatoms. The molecule has 2 aromatic heterocycles. The first-order valence-corrected chi connectivity index (χ1v) is 8.45. The second-order valence-corrected chi connectivity index (χ2v) is 7.12. The maximum Gasteiger partial charge on any atom is 0.127 e. The van der Waals surface area contributed by atoms with Gasteiger partial charge in [-0.05, 0) is 25.1 Å². The fourth-order valence-corrected chi connectivity index (χ4v) is 3.46. The van der Waals surface area contributed by atoms with Gasteiger partial charge in [0, 0.05) is 29.1 Å². The van der Waals surface area contributed by atoms with E-state index < -0.39 is 0 Å². The summed E-state index contributed by atoms with van der Waals surface area (Å²) in [6, 6.07) is 5.74. The molecule has 2 heterocycles. The van der Waals surface area contributed by atoms with Gasteiger partial charge in [0.15, 0.2) is 0 Å². The predicted octanol–water partition coefficient (Wildman–Crippen LogP) is 5.25. The molecule has 3 aromatic rings. The summed E-state index contributed by atoms with van der Waals surface area (Å²) < 4.78 is 2.16. The SMILES string of the molecule is CC(Cl)c1nc2ccc(Cl)cc2n1CC(C)c1nccs1. The molecular weight excluding hydrogens is 325 g/mol. The second kappa shape index (κ2) is 5.95. The molecule has 3 nitrogen and oxygen atoms in total. The lowest BCUT2D eigenvalue weighted by molar-refractivity contribution is 0.583. The highest BCUT2D eigenvalue weighted by Crippen LogP contribution is 2.29. The van der Waals surface area contributed by atoms with E-state index in [0.29, 0.717) is 10.9 Å². The van der Waals surface area contributed by atoms with Crippen LogP contribution in [-0.4, -0.2) is 14.5 Å². The summed E-state index contributed by atoms with van der Waals surface area (Å²) in [5.74, 6) is 1.17. The zero-order valence-electron chi connectivity index (χ0n) is 11.8. The maximum atomic E-state index is 6.30. The Morgan fingerprint density at radius 2 is 2.14 bits per heavy atom. The van der Waals surface area contributed by atoms with E-state index in [2.05, 4.69) is 21.5 Å². The van der Waals surface area contributed by atoms with Crippen LogP contribution < -0.4 is 0 Å². The monoisotopic (exact) mass is 339 g/mol. The molecule has 1 aromatic carbocycles. The van der Waals surface area contributed by atoms with Crippen LogP contribution in [0, 0.1) is 0 Å². The van der Waals surface area contributed by atoms with Gasteiger partial charge in [0.25, 0.3) is 0 Å². The minimum Gasteiger partial charge on any atom is -0.326 e. The van der Waals surface area contributed by atoms with Gasteiger partial charge in [-0.1, -0.05) is 18.5 Å². The normalized spacial score (nSPS) is 14.5. The van der Waals surface area contributed by atoms with Crippen molar-refractivity contribution in [1.29, 1.82) is 0 Å². The summed E-state index contributed by atoms with van der Waals surface area (Å²) in [6.45, 7) is 4.89. The van der Waals surface area contributed by atoms with Crippen LogP contribution in [0.15, 0.2) is 29.8 Å². The smallest absolute Gasteiger partial charge is 0.127 e. The first kappa shape index (κ1) is 14.8. The summed E-state index contributed by atoms with van der Waals surface area (Å²) in [5, 5.41) is 3.67. The van der Waals surface area contributed by atoms with Crippen molar-refractivity contribution in [1.82, 2.24) is 14.5 Å². The molecule has 0 radical (unpaired) electrons. The van der Waals surface area contributed by atoms with Gasteiger partial charge in [-0.15, -0.1) is 22.9 Å². The first-order chi connectivity index (χ1) is 10.1. The number of halogens is 2. The Kier molecular flexibility index (Phi) is 4.20. The lowest BCUT2D eigenvalue weighted by Crippen LogP contribution is -2.10. The summed E-state index contributed by atoms with van der Waals surface area (Å²) >= 11 is 14.1. The third-order valence-corrected chi connectivity index (χ3v) is 4.86. The molecule has 0 bridgehead atoms. The van der Waals surface area contributed by atoms with Gasteiger partial charge in [-0.2, -0.15) is 0 Å². The van der Waals surface area contributed by atoms with Crippen LogP contribution in [0.5, 0.6) is 0 Å². The van der Waals surface area contributed by atoms with Crippen LogP contribution in [0.1, 0.15) is 36.0 Å². The molecular formula is C15H15Cl2N3S. The number of hydrogen-bond acceptors (Lipinski definition) is 3. The molecule has 110 valence electrons. The van der Waals surface area contributed by atoms with Crippen molar-refractivity contribution in [2.45, 2.75) is 31.7 Å². The number of rotatable bonds is 4. The number of alkyl halides is 1. The van der Waals surface area contributed by atoms with Gasteiger partial charge in [0.2, 0.25) is 0 Å². The highest BCUT2D eigenvalue weighted by molar-refractivity contribution is 7.09. The minimum absolute atomic E-state index is 0.153. The Morgan fingerprint density at radius 3 is 2.81 bits per heavy atom. The van der Waals surface area contributed by atoms with E-state index in [1.807, 2.05) is 36.7 Å². The van der Waals surface area contributed by atoms with E-state index in [0.717, 1.165) is 28.4 Å². The maximum absolute atomic E-state index is 6.30. The summed E-state index contributed by atoms with van der Waals surface area (Å²) in [7, 11) is 0. The summed E-state index contributed by atoms with van der Waals surface area (Å²) in [4.78, 5) is 9.04. The van der Waals surface area contributed by atoms with Gasteiger partial charge >= 0.3 is 0 Å². The van der Waals surface area contributed by atoms with E-state index in [-0.39, 0.29) is 5.38 Å². The lowest BCUT2D eigenvalue weighted by Gasteiger charge is -2.14. The summed E-state index contributed by atoms with van der Waals surface area (Å²) in [5.41, 5.74) is 1.95. The number of benzene rings is 1. The highest BCUT2D eigenvalue weighted by atomic mass is 35.5. The average molecular weight is 340 g/mol. The van der Waals surface area contributed by atoms with E-state index in [4.69, 9.17) is 23.2 Å². The third-order valence-electron chi connectivity index (χ3n) is 3.43. The van der Waals surface area contributed by atoms with Crippen LogP contribution in [-0.2, 0) is 6.54 Å². The fourth-order valence-electron chi connectivity index (χ4n) is 2.44. The Labute approximate surface area is 137 Å². The van der Waals surface area contributed by atoms with Gasteiger partial charge in [-0.3, -0.25) is 0 Å². The van der Waals surface area contributed by atoms with Gasteiger partial charge in [-0.25, -0.2) is 9.97 Å². The molecule has 2 unspecified atom stereocenters. The van der Waals surface area contributed by atoms with Gasteiger partial charge in [0.05, 0.1) is 21.4 Å². The number of aromatic nitrogens is 3. The number of thiazole rings is 1. The molecule has 0 saturated carbocycles. The van der Waals surface area contributed by atoms with E-state index in [1.165, 1.54) is 0 Å².